The van der Waals surface area contributed by atoms with E-state index in [4.69, 9.17) is 5.26 Å². The Morgan fingerprint density at radius 3 is 2.55 bits per heavy atom. The summed E-state index contributed by atoms with van der Waals surface area (Å²) in [6.07, 6.45) is 1.30. The molecule has 1 amide bonds. The van der Waals surface area contributed by atoms with Gasteiger partial charge in [0.15, 0.2) is 0 Å². The smallest absolute Gasteiger partial charge is 0.267 e. The quantitative estimate of drug-likeness (QED) is 0.597. The number of nitrogens with zero attached hydrogens (tertiary/aromatic N) is 1. The highest BCUT2D eigenvalue weighted by molar-refractivity contribution is 6.06. The van der Waals surface area contributed by atoms with E-state index in [1.165, 1.54) is 18.3 Å². The van der Waals surface area contributed by atoms with Gasteiger partial charge in [0, 0.05) is 23.6 Å². The maximum Gasteiger partial charge on any atom is 0.267 e. The molecule has 5 heteroatoms. The molecule has 0 aliphatic heterocycles. The number of phenols is 1. The summed E-state index contributed by atoms with van der Waals surface area (Å²) in [7, 11) is 0. The van der Waals surface area contributed by atoms with Gasteiger partial charge >= 0.3 is 0 Å². The lowest BCUT2D eigenvalue weighted by Crippen LogP contribution is -2.14. The van der Waals surface area contributed by atoms with Crippen molar-refractivity contribution in [3.05, 3.63) is 65.9 Å². The van der Waals surface area contributed by atoms with Crippen molar-refractivity contribution in [1.29, 1.82) is 5.26 Å². The molecule has 0 bridgehead atoms. The number of phenolic OH excluding ortho intramolecular Hbond substituents is 1. The number of nitriles is 1. The lowest BCUT2D eigenvalue weighted by Gasteiger charge is -2.05. The number of hydrogen-bond donors (Lipinski definition) is 3. The van der Waals surface area contributed by atoms with Gasteiger partial charge in [-0.05, 0) is 31.2 Å². The first kappa shape index (κ1) is 15.1. The number of nitrogens with one attached hydrogen (secondary N) is 2. The van der Waals surface area contributed by atoms with E-state index in [1.54, 1.807) is 24.3 Å². The Hall–Kier alpha value is -3.26. The molecule has 2 rings (SSSR count). The van der Waals surface area contributed by atoms with Crippen molar-refractivity contribution in [1.82, 2.24) is 0 Å². The maximum absolute atomic E-state index is 12.0. The number of anilines is 2. The van der Waals surface area contributed by atoms with E-state index >= 15 is 0 Å². The van der Waals surface area contributed by atoms with Crippen molar-refractivity contribution in [2.45, 2.75) is 6.92 Å². The topological polar surface area (TPSA) is 85.2 Å². The van der Waals surface area contributed by atoms with Crippen LogP contribution in [0.4, 0.5) is 11.4 Å². The molecule has 0 aliphatic carbocycles. The molecule has 0 aromatic heterocycles. The SMILES string of the molecule is Cc1ccc(NC(=O)C(C#N)=CNc2cccc(O)c2)cc1. The van der Waals surface area contributed by atoms with Crippen LogP contribution in [0.3, 0.4) is 0 Å². The monoisotopic (exact) mass is 293 g/mol. The van der Waals surface area contributed by atoms with Gasteiger partial charge in [0.2, 0.25) is 0 Å². The fraction of sp³-hybridized carbons (Fsp3) is 0.0588. The van der Waals surface area contributed by atoms with Crippen LogP contribution in [0.1, 0.15) is 5.56 Å². The Kier molecular flexibility index (Phi) is 4.78. The fourth-order valence-electron chi connectivity index (χ4n) is 1.74. The van der Waals surface area contributed by atoms with E-state index < -0.39 is 5.91 Å². The molecule has 0 radical (unpaired) electrons. The van der Waals surface area contributed by atoms with Gasteiger partial charge in [-0.25, -0.2) is 0 Å². The Morgan fingerprint density at radius 1 is 1.18 bits per heavy atom. The third-order valence-corrected chi connectivity index (χ3v) is 2.90. The second-order valence-corrected chi connectivity index (χ2v) is 4.68. The Balaban J connectivity index is 2.07. The molecule has 2 aromatic rings. The minimum absolute atomic E-state index is 0.0658. The zero-order chi connectivity index (χ0) is 15.9. The molecule has 0 unspecified atom stereocenters. The molecule has 0 saturated carbocycles. The number of rotatable bonds is 4. The first-order valence-corrected chi connectivity index (χ1v) is 6.62. The third-order valence-electron chi connectivity index (χ3n) is 2.90. The molecule has 22 heavy (non-hydrogen) atoms. The summed E-state index contributed by atoms with van der Waals surface area (Å²) in [4.78, 5) is 12.0. The van der Waals surface area contributed by atoms with Crippen molar-refractivity contribution < 1.29 is 9.90 Å². The number of benzene rings is 2. The maximum atomic E-state index is 12.0. The van der Waals surface area contributed by atoms with E-state index in [-0.39, 0.29) is 11.3 Å². The number of carbonyl (C=O) groups excluding carboxylic acids is 1. The van der Waals surface area contributed by atoms with Gasteiger partial charge in [0.1, 0.15) is 17.4 Å². The average Bonchev–Trinajstić information content (AvgIpc) is 2.50. The van der Waals surface area contributed by atoms with Crippen LogP contribution in [0.15, 0.2) is 60.3 Å². The van der Waals surface area contributed by atoms with Gasteiger partial charge < -0.3 is 15.7 Å². The summed E-state index contributed by atoms with van der Waals surface area (Å²) in [6.45, 7) is 1.95. The van der Waals surface area contributed by atoms with Gasteiger partial charge in [-0.3, -0.25) is 4.79 Å². The zero-order valence-corrected chi connectivity index (χ0v) is 12.0. The summed E-state index contributed by atoms with van der Waals surface area (Å²) in [5, 5.41) is 23.9. The van der Waals surface area contributed by atoms with E-state index in [0.29, 0.717) is 11.4 Å². The Bertz CT molecular complexity index is 743. The van der Waals surface area contributed by atoms with Gasteiger partial charge in [-0.15, -0.1) is 0 Å². The molecular formula is C17H15N3O2. The number of amides is 1. The summed E-state index contributed by atoms with van der Waals surface area (Å²) in [5.74, 6) is -0.403. The molecule has 0 spiro atoms. The van der Waals surface area contributed by atoms with Crippen molar-refractivity contribution in [3.63, 3.8) is 0 Å². The highest BCUT2D eigenvalue weighted by Crippen LogP contribution is 2.16. The lowest BCUT2D eigenvalue weighted by atomic mass is 10.2. The van der Waals surface area contributed by atoms with E-state index in [1.807, 2.05) is 25.1 Å². The summed E-state index contributed by atoms with van der Waals surface area (Å²) >= 11 is 0. The minimum atomic E-state index is -0.501. The molecule has 0 fully saturated rings. The van der Waals surface area contributed by atoms with Crippen molar-refractivity contribution in [3.8, 4) is 11.8 Å². The molecular weight excluding hydrogens is 278 g/mol. The normalized spacial score (nSPS) is 10.6. The average molecular weight is 293 g/mol. The number of aryl methyl sites for hydroxylation is 1. The summed E-state index contributed by atoms with van der Waals surface area (Å²) < 4.78 is 0. The van der Waals surface area contributed by atoms with E-state index in [9.17, 15) is 9.90 Å². The highest BCUT2D eigenvalue weighted by atomic mass is 16.3. The molecule has 3 N–H and O–H groups in total. The minimum Gasteiger partial charge on any atom is -0.508 e. The summed E-state index contributed by atoms with van der Waals surface area (Å²) in [6, 6.07) is 15.5. The number of aromatic hydroxyl groups is 1. The van der Waals surface area contributed by atoms with Crippen LogP contribution in [0.2, 0.25) is 0 Å². The predicted octanol–water partition coefficient (Wildman–Crippen LogP) is 3.16. The Labute approximate surface area is 128 Å². The van der Waals surface area contributed by atoms with Gasteiger partial charge in [-0.1, -0.05) is 23.8 Å². The number of hydrogen-bond acceptors (Lipinski definition) is 4. The fourth-order valence-corrected chi connectivity index (χ4v) is 1.74. The molecule has 0 aliphatic rings. The predicted molar refractivity (Wildman–Crippen MR) is 85.2 cm³/mol. The van der Waals surface area contributed by atoms with Gasteiger partial charge in [0.25, 0.3) is 5.91 Å². The summed E-state index contributed by atoms with van der Waals surface area (Å²) in [5.41, 5.74) is 2.22. The van der Waals surface area contributed by atoms with Crippen LogP contribution < -0.4 is 10.6 Å². The molecule has 0 atom stereocenters. The van der Waals surface area contributed by atoms with Crippen molar-refractivity contribution >= 4 is 17.3 Å². The largest absolute Gasteiger partial charge is 0.508 e. The lowest BCUT2D eigenvalue weighted by molar-refractivity contribution is -0.112. The molecule has 2 aromatic carbocycles. The molecule has 5 nitrogen and oxygen atoms in total. The van der Waals surface area contributed by atoms with Gasteiger partial charge in [-0.2, -0.15) is 5.26 Å². The zero-order valence-electron chi connectivity index (χ0n) is 12.0. The van der Waals surface area contributed by atoms with Crippen molar-refractivity contribution in [2.24, 2.45) is 0 Å². The van der Waals surface area contributed by atoms with Crippen LogP contribution >= 0.6 is 0 Å². The van der Waals surface area contributed by atoms with E-state index in [0.717, 1.165) is 5.56 Å². The first-order chi connectivity index (χ1) is 10.6. The van der Waals surface area contributed by atoms with E-state index in [2.05, 4.69) is 10.6 Å². The molecule has 0 heterocycles. The van der Waals surface area contributed by atoms with Crippen LogP contribution in [0.25, 0.3) is 0 Å². The molecule has 0 saturated heterocycles. The van der Waals surface area contributed by atoms with Crippen LogP contribution in [0.5, 0.6) is 5.75 Å². The van der Waals surface area contributed by atoms with Gasteiger partial charge in [0.05, 0.1) is 0 Å². The van der Waals surface area contributed by atoms with Crippen LogP contribution in [-0.2, 0) is 4.79 Å². The first-order valence-electron chi connectivity index (χ1n) is 6.62. The Morgan fingerprint density at radius 2 is 1.91 bits per heavy atom. The number of carbonyl (C=O) groups is 1. The highest BCUT2D eigenvalue weighted by Gasteiger charge is 2.09. The third kappa shape index (κ3) is 4.12. The molecule has 110 valence electrons. The van der Waals surface area contributed by atoms with Crippen LogP contribution in [-0.4, -0.2) is 11.0 Å². The standard InChI is InChI=1S/C17H15N3O2/c1-12-5-7-14(8-6-12)20-17(22)13(10-18)11-19-15-3-2-4-16(21)9-15/h2-9,11,19,21H,1H3,(H,20,22). The second-order valence-electron chi connectivity index (χ2n) is 4.68. The van der Waals surface area contributed by atoms with Crippen molar-refractivity contribution in [2.75, 3.05) is 10.6 Å². The van der Waals surface area contributed by atoms with Crippen LogP contribution in [0, 0.1) is 18.3 Å². The second kappa shape index (κ2) is 6.95.